The summed E-state index contributed by atoms with van der Waals surface area (Å²) in [5.74, 6) is -1.51. The number of nitrogens with one attached hydrogen (secondary N) is 1. The second-order valence-electron chi connectivity index (χ2n) is 9.10. The third-order valence-corrected chi connectivity index (χ3v) is 5.69. The number of aromatic nitrogens is 2. The zero-order chi connectivity index (χ0) is 21.8. The van der Waals surface area contributed by atoms with Crippen molar-refractivity contribution < 1.29 is 28.2 Å². The van der Waals surface area contributed by atoms with E-state index in [4.69, 9.17) is 4.74 Å². The number of aldehydes is 1. The number of halogens is 2. The molecule has 1 amide bonds. The highest BCUT2D eigenvalue weighted by molar-refractivity contribution is 5.80. The number of piperidine rings is 1. The standard InChI is InChI=1S/C21H25F2N3O4/c1-21(2,3)30-20(29)26-5-4-11(28)8-14(26)19-24-17-15(22)12-6-10(9-27)7-13(12)16(23)18(17)25-19/h9-11,14,28H,4-8H2,1-3H3,(H,24,25)/t11?,14-/m0/s1. The number of H-pyrrole nitrogens is 1. The Hall–Kier alpha value is -2.55. The number of amides is 1. The van der Waals surface area contributed by atoms with E-state index < -0.39 is 41.4 Å². The van der Waals surface area contributed by atoms with E-state index in [0.29, 0.717) is 12.7 Å². The van der Waals surface area contributed by atoms with Crippen LogP contribution in [0.4, 0.5) is 13.6 Å². The fraction of sp³-hybridized carbons (Fsp3) is 0.571. The first-order chi connectivity index (χ1) is 14.1. The van der Waals surface area contributed by atoms with Gasteiger partial charge in [-0.15, -0.1) is 0 Å². The summed E-state index contributed by atoms with van der Waals surface area (Å²) >= 11 is 0. The van der Waals surface area contributed by atoms with E-state index in [1.165, 1.54) is 4.90 Å². The average Bonchev–Trinajstić information content (AvgIpc) is 3.30. The number of ether oxygens (including phenoxy) is 1. The number of hydrogen-bond acceptors (Lipinski definition) is 5. The SMILES string of the molecule is CC(C)(C)OC(=O)N1CCC(O)C[C@H]1c1nc2c(F)c3c(c(F)c2[nH]1)CC(C=O)C3. The molecule has 0 spiro atoms. The number of aliphatic hydroxyl groups is 1. The first-order valence-electron chi connectivity index (χ1n) is 10.1. The van der Waals surface area contributed by atoms with Crippen LogP contribution in [0, 0.1) is 17.6 Å². The smallest absolute Gasteiger partial charge is 0.410 e. The van der Waals surface area contributed by atoms with Gasteiger partial charge in [-0.1, -0.05) is 0 Å². The Bertz CT molecular complexity index is 965. The fourth-order valence-electron chi connectivity index (χ4n) is 4.29. The van der Waals surface area contributed by atoms with Gasteiger partial charge < -0.3 is 19.6 Å². The maximum atomic E-state index is 15.1. The lowest BCUT2D eigenvalue weighted by molar-refractivity contribution is -0.110. The molecule has 1 fully saturated rings. The molecule has 2 aliphatic rings. The van der Waals surface area contributed by atoms with E-state index in [2.05, 4.69) is 9.97 Å². The van der Waals surface area contributed by atoms with E-state index in [1.807, 2.05) is 0 Å². The quantitative estimate of drug-likeness (QED) is 0.726. The van der Waals surface area contributed by atoms with Crippen LogP contribution in [0.15, 0.2) is 0 Å². The van der Waals surface area contributed by atoms with Gasteiger partial charge in [0, 0.05) is 18.9 Å². The molecule has 1 aromatic heterocycles. The van der Waals surface area contributed by atoms with Gasteiger partial charge in [-0.2, -0.15) is 0 Å². The van der Waals surface area contributed by atoms with Crippen molar-refractivity contribution in [1.29, 1.82) is 0 Å². The Labute approximate surface area is 172 Å². The number of likely N-dealkylation sites (tertiary alicyclic amines) is 1. The largest absolute Gasteiger partial charge is 0.444 e. The van der Waals surface area contributed by atoms with Crippen LogP contribution in [0.3, 0.4) is 0 Å². The lowest BCUT2D eigenvalue weighted by Gasteiger charge is -2.37. The van der Waals surface area contributed by atoms with Crippen LogP contribution in [-0.4, -0.2) is 50.6 Å². The van der Waals surface area contributed by atoms with Crippen molar-refractivity contribution in [3.05, 3.63) is 28.6 Å². The first-order valence-corrected chi connectivity index (χ1v) is 10.1. The molecule has 2 N–H and O–H groups in total. The average molecular weight is 421 g/mol. The van der Waals surface area contributed by atoms with Gasteiger partial charge in [0.05, 0.1) is 12.1 Å². The molecule has 2 heterocycles. The van der Waals surface area contributed by atoms with Crippen molar-refractivity contribution in [1.82, 2.24) is 14.9 Å². The number of carbonyl (C=O) groups excluding carboxylic acids is 2. The zero-order valence-corrected chi connectivity index (χ0v) is 17.2. The number of fused-ring (bicyclic) bond motifs is 2. The monoisotopic (exact) mass is 421 g/mol. The Balaban J connectivity index is 1.74. The lowest BCUT2D eigenvalue weighted by Crippen LogP contribution is -2.45. The molecule has 4 rings (SSSR count). The molecule has 0 radical (unpaired) electrons. The van der Waals surface area contributed by atoms with Crippen LogP contribution < -0.4 is 0 Å². The maximum absolute atomic E-state index is 15.1. The minimum Gasteiger partial charge on any atom is -0.444 e. The van der Waals surface area contributed by atoms with Gasteiger partial charge in [0.1, 0.15) is 28.7 Å². The number of nitrogens with zero attached hydrogens (tertiary/aromatic N) is 2. The van der Waals surface area contributed by atoms with Crippen LogP contribution in [0.1, 0.15) is 56.6 Å². The van der Waals surface area contributed by atoms with Gasteiger partial charge in [-0.05, 0) is 51.2 Å². The second-order valence-corrected chi connectivity index (χ2v) is 9.10. The highest BCUT2D eigenvalue weighted by Crippen LogP contribution is 2.37. The Morgan fingerprint density at radius 2 is 1.93 bits per heavy atom. The predicted molar refractivity (Wildman–Crippen MR) is 104 cm³/mol. The predicted octanol–water partition coefficient (Wildman–Crippen LogP) is 3.19. The zero-order valence-electron chi connectivity index (χ0n) is 17.2. The van der Waals surface area contributed by atoms with E-state index in [1.54, 1.807) is 20.8 Å². The summed E-state index contributed by atoms with van der Waals surface area (Å²) in [6.45, 7) is 5.48. The molecule has 2 unspecified atom stereocenters. The summed E-state index contributed by atoms with van der Waals surface area (Å²) in [6.07, 6.45) is 0.320. The van der Waals surface area contributed by atoms with E-state index in [-0.39, 0.29) is 53.8 Å². The highest BCUT2D eigenvalue weighted by Gasteiger charge is 2.38. The Kier molecular flexibility index (Phi) is 5.04. The summed E-state index contributed by atoms with van der Waals surface area (Å²) in [5, 5.41) is 10.1. The molecule has 3 atom stereocenters. The summed E-state index contributed by atoms with van der Waals surface area (Å²) in [4.78, 5) is 32.3. The molecule has 1 aliphatic heterocycles. The van der Waals surface area contributed by atoms with Gasteiger partial charge in [-0.25, -0.2) is 18.6 Å². The molecule has 0 bridgehead atoms. The molecule has 7 nitrogen and oxygen atoms in total. The Morgan fingerprint density at radius 3 is 2.57 bits per heavy atom. The van der Waals surface area contributed by atoms with Crippen LogP contribution in [0.25, 0.3) is 11.0 Å². The molecule has 30 heavy (non-hydrogen) atoms. The molecule has 9 heteroatoms. The number of hydrogen-bond donors (Lipinski definition) is 2. The van der Waals surface area contributed by atoms with E-state index >= 15 is 8.78 Å². The highest BCUT2D eigenvalue weighted by atomic mass is 19.1. The number of benzene rings is 1. The fourth-order valence-corrected chi connectivity index (χ4v) is 4.29. The van der Waals surface area contributed by atoms with Crippen molar-refractivity contribution in [2.75, 3.05) is 6.54 Å². The third-order valence-electron chi connectivity index (χ3n) is 5.69. The summed E-state index contributed by atoms with van der Waals surface area (Å²) in [5.41, 5.74) is -0.573. The van der Waals surface area contributed by atoms with E-state index in [0.717, 1.165) is 0 Å². The normalized spacial score (nSPS) is 22.4. The second kappa shape index (κ2) is 7.30. The molecule has 1 saturated heterocycles. The maximum Gasteiger partial charge on any atom is 0.410 e. The molecular formula is C21H25F2N3O4. The molecular weight excluding hydrogens is 396 g/mol. The van der Waals surface area contributed by atoms with Crippen molar-refractivity contribution in [3.8, 4) is 0 Å². The molecule has 162 valence electrons. The number of rotatable bonds is 2. The molecule has 1 aliphatic carbocycles. The first kappa shape index (κ1) is 20.7. The summed E-state index contributed by atoms with van der Waals surface area (Å²) < 4.78 is 35.6. The van der Waals surface area contributed by atoms with Crippen LogP contribution in [-0.2, 0) is 22.4 Å². The van der Waals surface area contributed by atoms with Gasteiger partial charge in [0.25, 0.3) is 0 Å². The topological polar surface area (TPSA) is 95.5 Å². The number of aromatic amines is 1. The van der Waals surface area contributed by atoms with Crippen LogP contribution >= 0.6 is 0 Å². The minimum absolute atomic E-state index is 0.0861. The van der Waals surface area contributed by atoms with Gasteiger partial charge in [0.2, 0.25) is 0 Å². The van der Waals surface area contributed by atoms with Crippen molar-refractivity contribution in [2.45, 2.75) is 64.2 Å². The van der Waals surface area contributed by atoms with Crippen LogP contribution in [0.5, 0.6) is 0 Å². The van der Waals surface area contributed by atoms with Gasteiger partial charge >= 0.3 is 6.09 Å². The van der Waals surface area contributed by atoms with Gasteiger partial charge in [0.15, 0.2) is 11.6 Å². The van der Waals surface area contributed by atoms with Crippen LogP contribution in [0.2, 0.25) is 0 Å². The summed E-state index contributed by atoms with van der Waals surface area (Å²) in [7, 11) is 0. The lowest BCUT2D eigenvalue weighted by atomic mass is 9.99. The molecule has 2 aromatic rings. The van der Waals surface area contributed by atoms with Gasteiger partial charge in [-0.3, -0.25) is 4.90 Å². The molecule has 0 saturated carbocycles. The third kappa shape index (κ3) is 3.55. The van der Waals surface area contributed by atoms with Crippen molar-refractivity contribution in [3.63, 3.8) is 0 Å². The van der Waals surface area contributed by atoms with Crippen molar-refractivity contribution in [2.24, 2.45) is 5.92 Å². The minimum atomic E-state index is -0.709. The Morgan fingerprint density at radius 1 is 1.27 bits per heavy atom. The number of aliphatic hydroxyl groups excluding tert-OH is 1. The number of carbonyl (C=O) groups is 2. The molecule has 1 aromatic carbocycles. The van der Waals surface area contributed by atoms with Crippen molar-refractivity contribution >= 4 is 23.4 Å². The number of imidazole rings is 1. The summed E-state index contributed by atoms with van der Waals surface area (Å²) in [6, 6.07) is -0.702. The van der Waals surface area contributed by atoms with E-state index in [9.17, 15) is 14.7 Å².